The Morgan fingerprint density at radius 3 is 2.60 bits per heavy atom. The van der Waals surface area contributed by atoms with E-state index in [9.17, 15) is 0 Å². The normalized spacial score (nSPS) is 16.4. The minimum Gasteiger partial charge on any atom is -0.367 e. The van der Waals surface area contributed by atoms with Gasteiger partial charge in [-0.25, -0.2) is 4.98 Å². The Hall–Kier alpha value is -0.350. The summed E-state index contributed by atoms with van der Waals surface area (Å²) in [5, 5.41) is 1.12. The van der Waals surface area contributed by atoms with E-state index in [1.807, 2.05) is 0 Å². The highest BCUT2D eigenvalue weighted by molar-refractivity contribution is 7.05. The van der Waals surface area contributed by atoms with E-state index in [1.165, 1.54) is 24.4 Å². The van der Waals surface area contributed by atoms with Gasteiger partial charge in [-0.05, 0) is 24.4 Å². The Morgan fingerprint density at radius 2 is 2.20 bits per heavy atom. The van der Waals surface area contributed by atoms with Crippen LogP contribution in [0.5, 0.6) is 0 Å². The highest BCUT2D eigenvalue weighted by Gasteiger charge is 2.26. The Morgan fingerprint density at radius 1 is 1.50 bits per heavy atom. The molecule has 1 aromatic rings. The standard InChI is InChI=1S/C5H7N3S.ClH/c6-5-7-4(9-8-5)3-1-2-3;/h3H,1-2H2,(H2,6,8);1H. The van der Waals surface area contributed by atoms with Crippen LogP contribution < -0.4 is 5.73 Å². The van der Waals surface area contributed by atoms with Gasteiger partial charge < -0.3 is 5.73 Å². The summed E-state index contributed by atoms with van der Waals surface area (Å²) in [6, 6.07) is 0. The number of anilines is 1. The van der Waals surface area contributed by atoms with E-state index in [-0.39, 0.29) is 12.4 Å². The molecule has 2 N–H and O–H groups in total. The summed E-state index contributed by atoms with van der Waals surface area (Å²) in [6.45, 7) is 0. The van der Waals surface area contributed by atoms with Crippen molar-refractivity contribution in [2.45, 2.75) is 18.8 Å². The number of halogens is 1. The molecule has 0 aromatic carbocycles. The Balaban J connectivity index is 0.000000500. The van der Waals surface area contributed by atoms with Crippen LogP contribution in [0.25, 0.3) is 0 Å². The van der Waals surface area contributed by atoms with Crippen LogP contribution in [0.4, 0.5) is 5.95 Å². The van der Waals surface area contributed by atoms with Crippen LogP contribution in [0.2, 0.25) is 0 Å². The molecule has 2 rings (SSSR count). The van der Waals surface area contributed by atoms with Crippen molar-refractivity contribution in [1.29, 1.82) is 0 Å². The first kappa shape index (κ1) is 7.75. The molecule has 0 atom stereocenters. The molecular formula is C5H8ClN3S. The van der Waals surface area contributed by atoms with Gasteiger partial charge in [0.2, 0.25) is 5.95 Å². The number of aromatic nitrogens is 2. The van der Waals surface area contributed by atoms with E-state index in [4.69, 9.17) is 5.73 Å². The van der Waals surface area contributed by atoms with Crippen LogP contribution in [0, 0.1) is 0 Å². The molecule has 1 aliphatic carbocycles. The second kappa shape index (κ2) is 2.72. The zero-order chi connectivity index (χ0) is 6.27. The molecule has 5 heteroatoms. The molecule has 0 unspecified atom stereocenters. The summed E-state index contributed by atoms with van der Waals surface area (Å²) >= 11 is 1.43. The number of hydrogen-bond donors (Lipinski definition) is 1. The summed E-state index contributed by atoms with van der Waals surface area (Å²) in [5.41, 5.74) is 5.33. The predicted octanol–water partition coefficient (Wildman–Crippen LogP) is 1.42. The van der Waals surface area contributed by atoms with Crippen LogP contribution in [0.1, 0.15) is 23.8 Å². The topological polar surface area (TPSA) is 51.8 Å². The fraction of sp³-hybridized carbons (Fsp3) is 0.600. The summed E-state index contributed by atoms with van der Waals surface area (Å²) in [5.74, 6) is 1.13. The highest BCUT2D eigenvalue weighted by Crippen LogP contribution is 2.40. The van der Waals surface area contributed by atoms with E-state index in [0.29, 0.717) is 11.9 Å². The van der Waals surface area contributed by atoms with Gasteiger partial charge in [-0.2, -0.15) is 4.37 Å². The first-order chi connectivity index (χ1) is 4.36. The van der Waals surface area contributed by atoms with Crippen molar-refractivity contribution in [3.63, 3.8) is 0 Å². The fourth-order valence-corrected chi connectivity index (χ4v) is 1.49. The van der Waals surface area contributed by atoms with Crippen molar-refractivity contribution in [1.82, 2.24) is 9.36 Å². The molecule has 1 aromatic heterocycles. The molecule has 56 valence electrons. The zero-order valence-corrected chi connectivity index (χ0v) is 6.91. The Kier molecular flexibility index (Phi) is 2.11. The Bertz CT molecular complexity index is 220. The largest absolute Gasteiger partial charge is 0.367 e. The van der Waals surface area contributed by atoms with Gasteiger partial charge in [0, 0.05) is 5.92 Å². The third-order valence-electron chi connectivity index (χ3n) is 1.38. The number of nitrogens with zero attached hydrogens (tertiary/aromatic N) is 2. The van der Waals surface area contributed by atoms with Crippen LogP contribution in [0.3, 0.4) is 0 Å². The van der Waals surface area contributed by atoms with Crippen LogP contribution in [-0.2, 0) is 0 Å². The molecule has 0 saturated heterocycles. The lowest BCUT2D eigenvalue weighted by molar-refractivity contribution is 1.08. The van der Waals surface area contributed by atoms with Crippen molar-refractivity contribution >= 4 is 29.9 Å². The highest BCUT2D eigenvalue weighted by atomic mass is 35.5. The fourth-order valence-electron chi connectivity index (χ4n) is 0.743. The first-order valence-electron chi connectivity index (χ1n) is 2.95. The van der Waals surface area contributed by atoms with Gasteiger partial charge in [-0.1, -0.05) is 0 Å². The third kappa shape index (κ3) is 1.38. The van der Waals surface area contributed by atoms with Gasteiger partial charge in [0.25, 0.3) is 0 Å². The third-order valence-corrected chi connectivity index (χ3v) is 2.27. The van der Waals surface area contributed by atoms with E-state index < -0.39 is 0 Å². The van der Waals surface area contributed by atoms with Crippen LogP contribution >= 0.6 is 23.9 Å². The minimum atomic E-state index is 0. The van der Waals surface area contributed by atoms with Gasteiger partial charge in [-0.15, -0.1) is 12.4 Å². The van der Waals surface area contributed by atoms with Crippen molar-refractivity contribution in [3.05, 3.63) is 5.01 Å². The zero-order valence-electron chi connectivity index (χ0n) is 5.28. The average Bonchev–Trinajstić information content (AvgIpc) is 2.58. The number of rotatable bonds is 1. The monoisotopic (exact) mass is 177 g/mol. The lowest BCUT2D eigenvalue weighted by atomic mass is 10.5. The molecule has 0 radical (unpaired) electrons. The van der Waals surface area contributed by atoms with Gasteiger partial charge >= 0.3 is 0 Å². The summed E-state index contributed by atoms with van der Waals surface area (Å²) in [4.78, 5) is 4.06. The maximum Gasteiger partial charge on any atom is 0.232 e. The smallest absolute Gasteiger partial charge is 0.232 e. The molecule has 0 bridgehead atoms. The van der Waals surface area contributed by atoms with E-state index >= 15 is 0 Å². The SMILES string of the molecule is Cl.Nc1nsc(C2CC2)n1. The number of nitrogens with two attached hydrogens (primary N) is 1. The number of hydrogen-bond acceptors (Lipinski definition) is 4. The molecule has 0 spiro atoms. The Labute approximate surface area is 69.2 Å². The molecule has 1 saturated carbocycles. The first-order valence-corrected chi connectivity index (χ1v) is 3.72. The minimum absolute atomic E-state index is 0. The molecule has 0 aliphatic heterocycles. The lowest BCUT2D eigenvalue weighted by Gasteiger charge is -1.79. The van der Waals surface area contributed by atoms with Crippen molar-refractivity contribution in [2.24, 2.45) is 0 Å². The van der Waals surface area contributed by atoms with Gasteiger partial charge in [-0.3, -0.25) is 0 Å². The van der Waals surface area contributed by atoms with Crippen LogP contribution in [0.15, 0.2) is 0 Å². The summed E-state index contributed by atoms with van der Waals surface area (Å²) < 4.78 is 3.89. The van der Waals surface area contributed by atoms with Gasteiger partial charge in [0.15, 0.2) is 0 Å². The molecule has 1 heterocycles. The van der Waals surface area contributed by atoms with E-state index in [2.05, 4.69) is 9.36 Å². The molecule has 1 fully saturated rings. The molecule has 1 aliphatic rings. The maximum atomic E-state index is 5.33. The molecule has 3 nitrogen and oxygen atoms in total. The average molecular weight is 178 g/mol. The van der Waals surface area contributed by atoms with Crippen molar-refractivity contribution in [2.75, 3.05) is 5.73 Å². The lowest BCUT2D eigenvalue weighted by Crippen LogP contribution is -1.85. The second-order valence-corrected chi connectivity index (χ2v) is 3.05. The maximum absolute atomic E-state index is 5.33. The number of nitrogen functional groups attached to an aromatic ring is 1. The molecule has 10 heavy (non-hydrogen) atoms. The van der Waals surface area contributed by atoms with Crippen LogP contribution in [-0.4, -0.2) is 9.36 Å². The van der Waals surface area contributed by atoms with Gasteiger partial charge in [0.05, 0.1) is 0 Å². The van der Waals surface area contributed by atoms with Crippen molar-refractivity contribution < 1.29 is 0 Å². The summed E-state index contributed by atoms with van der Waals surface area (Å²) in [7, 11) is 0. The second-order valence-electron chi connectivity index (χ2n) is 2.27. The molecular weight excluding hydrogens is 170 g/mol. The van der Waals surface area contributed by atoms with E-state index in [1.54, 1.807) is 0 Å². The van der Waals surface area contributed by atoms with Crippen molar-refractivity contribution in [3.8, 4) is 0 Å². The van der Waals surface area contributed by atoms with E-state index in [0.717, 1.165) is 5.01 Å². The molecule has 0 amide bonds. The predicted molar refractivity (Wildman–Crippen MR) is 43.5 cm³/mol. The summed E-state index contributed by atoms with van der Waals surface area (Å²) in [6.07, 6.45) is 2.54. The quantitative estimate of drug-likeness (QED) is 0.706. The van der Waals surface area contributed by atoms with Gasteiger partial charge in [0.1, 0.15) is 5.01 Å².